The summed E-state index contributed by atoms with van der Waals surface area (Å²) in [5.41, 5.74) is -0.307. The summed E-state index contributed by atoms with van der Waals surface area (Å²) in [4.78, 5) is 10.7. The lowest BCUT2D eigenvalue weighted by molar-refractivity contribution is 0.0698. The molecule has 0 fully saturated rings. The number of aryl methyl sites for hydroxylation is 1. The van der Waals surface area contributed by atoms with Crippen LogP contribution in [0.15, 0.2) is 33.8 Å². The van der Waals surface area contributed by atoms with Crippen molar-refractivity contribution in [2.24, 2.45) is 7.05 Å². The molecule has 0 unspecified atom stereocenters. The molecule has 1 aromatic heterocycles. The Balaban J connectivity index is 2.44. The molecule has 0 spiro atoms. The number of carbonyl (C=O) groups is 1. The monoisotopic (exact) mass is 377 g/mol. The largest absolute Gasteiger partial charge is 0.477 e. The van der Waals surface area contributed by atoms with E-state index in [1.165, 1.54) is 19.2 Å². The van der Waals surface area contributed by atoms with Crippen molar-refractivity contribution in [2.45, 2.75) is 4.90 Å². The molecule has 1 heterocycles. The lowest BCUT2D eigenvalue weighted by atomic mass is 10.3. The number of aromatic nitrogens is 2. The zero-order valence-electron chi connectivity index (χ0n) is 10.5. The number of nitrogens with one attached hydrogen (secondary N) is 1. The van der Waals surface area contributed by atoms with Gasteiger partial charge in [-0.05, 0) is 34.1 Å². The number of benzene rings is 1. The summed E-state index contributed by atoms with van der Waals surface area (Å²) in [6, 6.07) is 3.25. The molecule has 0 aliphatic carbocycles. The lowest BCUT2D eigenvalue weighted by Gasteiger charge is -2.09. The molecule has 2 rings (SSSR count). The first-order valence-corrected chi connectivity index (χ1v) is 7.73. The molecule has 112 valence electrons. The molecule has 0 aliphatic rings. The second-order valence-corrected chi connectivity index (χ2v) is 6.55. The van der Waals surface area contributed by atoms with E-state index in [-0.39, 0.29) is 20.7 Å². The zero-order valence-corrected chi connectivity index (χ0v) is 12.9. The second-order valence-electron chi connectivity index (χ2n) is 4.02. The molecule has 0 saturated heterocycles. The lowest BCUT2D eigenvalue weighted by Crippen LogP contribution is -2.17. The highest BCUT2D eigenvalue weighted by Crippen LogP contribution is 2.23. The van der Waals surface area contributed by atoms with E-state index < -0.39 is 21.8 Å². The van der Waals surface area contributed by atoms with Crippen LogP contribution in [0.25, 0.3) is 0 Å². The highest BCUT2D eigenvalue weighted by Gasteiger charge is 2.22. The minimum absolute atomic E-state index is 0.119. The molecule has 1 aromatic carbocycles. The second kappa shape index (κ2) is 5.45. The topological polar surface area (TPSA) is 101 Å². The first-order chi connectivity index (χ1) is 9.72. The standard InChI is InChI=1S/C11H9BrFN3O4S/c1-16-10(7(5-14-16)11(17)18)15-21(19,20)6-2-3-8(12)9(13)4-6/h2-5,15H,1H3,(H,17,18). The maximum atomic E-state index is 13.4. The Morgan fingerprint density at radius 1 is 1.48 bits per heavy atom. The maximum Gasteiger partial charge on any atom is 0.341 e. The van der Waals surface area contributed by atoms with Gasteiger partial charge in [0, 0.05) is 7.05 Å². The molecule has 7 nitrogen and oxygen atoms in total. The third-order valence-corrected chi connectivity index (χ3v) is 4.58. The summed E-state index contributed by atoms with van der Waals surface area (Å²) in [6.45, 7) is 0. The van der Waals surface area contributed by atoms with Gasteiger partial charge in [0.25, 0.3) is 10.0 Å². The third-order valence-electron chi connectivity index (χ3n) is 2.60. The molecule has 0 aliphatic heterocycles. The molecule has 0 saturated carbocycles. The number of carboxylic acid groups (broad SMARTS) is 1. The molecule has 2 N–H and O–H groups in total. The molecular weight excluding hydrogens is 369 g/mol. The van der Waals surface area contributed by atoms with E-state index in [0.717, 1.165) is 16.9 Å². The van der Waals surface area contributed by atoms with E-state index in [9.17, 15) is 17.6 Å². The molecule has 0 atom stereocenters. The molecular formula is C11H9BrFN3O4S. The van der Waals surface area contributed by atoms with Crippen LogP contribution in [0.1, 0.15) is 10.4 Å². The summed E-state index contributed by atoms with van der Waals surface area (Å²) in [7, 11) is -2.75. The van der Waals surface area contributed by atoms with Crippen LogP contribution in [0.2, 0.25) is 0 Å². The van der Waals surface area contributed by atoms with Gasteiger partial charge in [-0.15, -0.1) is 0 Å². The first-order valence-electron chi connectivity index (χ1n) is 5.45. The Hall–Kier alpha value is -1.94. The van der Waals surface area contributed by atoms with Gasteiger partial charge in [-0.3, -0.25) is 9.40 Å². The molecule has 0 bridgehead atoms. The van der Waals surface area contributed by atoms with E-state index >= 15 is 0 Å². The minimum atomic E-state index is -4.14. The number of carboxylic acids is 1. The summed E-state index contributed by atoms with van der Waals surface area (Å²) >= 11 is 2.92. The Morgan fingerprint density at radius 3 is 2.71 bits per heavy atom. The van der Waals surface area contributed by atoms with Gasteiger partial charge in [-0.2, -0.15) is 5.10 Å². The van der Waals surface area contributed by atoms with E-state index in [4.69, 9.17) is 5.11 Å². The van der Waals surface area contributed by atoms with Gasteiger partial charge in [-0.1, -0.05) is 0 Å². The van der Waals surface area contributed by atoms with Crippen molar-refractivity contribution in [3.05, 3.63) is 40.2 Å². The smallest absolute Gasteiger partial charge is 0.341 e. The van der Waals surface area contributed by atoms with Gasteiger partial charge in [0.15, 0.2) is 5.82 Å². The van der Waals surface area contributed by atoms with E-state index in [2.05, 4.69) is 25.8 Å². The van der Waals surface area contributed by atoms with Gasteiger partial charge < -0.3 is 5.11 Å². The van der Waals surface area contributed by atoms with E-state index in [1.807, 2.05) is 0 Å². The fourth-order valence-electron chi connectivity index (χ4n) is 1.55. The number of halogens is 2. The fourth-order valence-corrected chi connectivity index (χ4v) is 2.91. The fraction of sp³-hybridized carbons (Fsp3) is 0.0909. The maximum absolute atomic E-state index is 13.4. The Morgan fingerprint density at radius 2 is 2.14 bits per heavy atom. The number of rotatable bonds is 4. The first kappa shape index (κ1) is 15.4. The summed E-state index contributed by atoms with van der Waals surface area (Å²) in [6.07, 6.45) is 1.02. The van der Waals surface area contributed by atoms with Crippen LogP contribution < -0.4 is 4.72 Å². The highest BCUT2D eigenvalue weighted by atomic mass is 79.9. The average molecular weight is 378 g/mol. The van der Waals surface area contributed by atoms with Crippen molar-refractivity contribution in [3.63, 3.8) is 0 Å². The van der Waals surface area contributed by atoms with Crippen molar-refractivity contribution in [1.29, 1.82) is 0 Å². The highest BCUT2D eigenvalue weighted by molar-refractivity contribution is 9.10. The minimum Gasteiger partial charge on any atom is -0.477 e. The SMILES string of the molecule is Cn1ncc(C(=O)O)c1NS(=O)(=O)c1ccc(Br)c(F)c1. The van der Waals surface area contributed by atoms with Gasteiger partial charge in [0.05, 0.1) is 15.6 Å². The van der Waals surface area contributed by atoms with E-state index in [1.54, 1.807) is 0 Å². The van der Waals surface area contributed by atoms with Crippen LogP contribution in [0.3, 0.4) is 0 Å². The predicted molar refractivity (Wildman–Crippen MR) is 75.1 cm³/mol. The van der Waals surface area contributed by atoms with Crippen molar-refractivity contribution < 1.29 is 22.7 Å². The van der Waals surface area contributed by atoms with Crippen LogP contribution in [0.4, 0.5) is 10.2 Å². The molecule has 0 radical (unpaired) electrons. The summed E-state index contributed by atoms with van der Waals surface area (Å²) in [5.74, 6) is -2.30. The number of hydrogen-bond donors (Lipinski definition) is 2. The van der Waals surface area contributed by atoms with E-state index in [0.29, 0.717) is 0 Å². The van der Waals surface area contributed by atoms with Crippen molar-refractivity contribution in [1.82, 2.24) is 9.78 Å². The average Bonchev–Trinajstić information content (AvgIpc) is 2.74. The Bertz CT molecular complexity index is 819. The zero-order chi connectivity index (χ0) is 15.8. The van der Waals surface area contributed by atoms with Gasteiger partial charge in [0.2, 0.25) is 0 Å². The number of sulfonamides is 1. The van der Waals surface area contributed by atoms with Crippen LogP contribution in [-0.2, 0) is 17.1 Å². The molecule has 2 aromatic rings. The van der Waals surface area contributed by atoms with Crippen molar-refractivity contribution in [3.8, 4) is 0 Å². The van der Waals surface area contributed by atoms with Crippen molar-refractivity contribution >= 4 is 37.7 Å². The predicted octanol–water partition coefficient (Wildman–Crippen LogP) is 1.82. The van der Waals surface area contributed by atoms with Crippen LogP contribution >= 0.6 is 15.9 Å². The van der Waals surface area contributed by atoms with Crippen molar-refractivity contribution in [2.75, 3.05) is 4.72 Å². The quantitative estimate of drug-likeness (QED) is 0.845. The van der Waals surface area contributed by atoms with Gasteiger partial charge in [-0.25, -0.2) is 17.6 Å². The number of anilines is 1. The third kappa shape index (κ3) is 3.05. The van der Waals surface area contributed by atoms with Gasteiger partial charge >= 0.3 is 5.97 Å². The molecule has 21 heavy (non-hydrogen) atoms. The van der Waals surface area contributed by atoms with Crippen LogP contribution in [0, 0.1) is 5.82 Å². The number of hydrogen-bond acceptors (Lipinski definition) is 4. The normalized spacial score (nSPS) is 11.4. The summed E-state index contributed by atoms with van der Waals surface area (Å²) in [5, 5.41) is 12.6. The van der Waals surface area contributed by atoms with Gasteiger partial charge in [0.1, 0.15) is 11.4 Å². The molecule has 0 amide bonds. The molecule has 10 heteroatoms. The summed E-state index contributed by atoms with van der Waals surface area (Å²) < 4.78 is 41.0. The number of nitrogens with zero attached hydrogens (tertiary/aromatic N) is 2. The van der Waals surface area contributed by atoms with Crippen LogP contribution in [-0.4, -0.2) is 29.3 Å². The van der Waals surface area contributed by atoms with Crippen LogP contribution in [0.5, 0.6) is 0 Å². The number of aromatic carboxylic acids is 1. The Labute approximate surface area is 127 Å². The Kier molecular flexibility index (Phi) is 4.01.